The van der Waals surface area contributed by atoms with Crippen molar-refractivity contribution < 1.29 is 9.18 Å². The van der Waals surface area contributed by atoms with Gasteiger partial charge in [-0.2, -0.15) is 4.39 Å². The standard InChI is InChI=1S/C28H32FN5O/c1-4-33-11-13-34(14-12-33)20-8-5-18(6-9-20)22-16-23(26(30)32-25(22)29)19-7-10-21-24(15-19)28(2,3)17-31-27(21)35/h5-10,15-16H,4,11-14,17H2,1-3H3,(H2,30,32)(H,31,35). The zero-order valence-electron chi connectivity index (χ0n) is 20.6. The van der Waals surface area contributed by atoms with E-state index in [9.17, 15) is 9.18 Å². The van der Waals surface area contributed by atoms with Gasteiger partial charge in [0.1, 0.15) is 5.82 Å². The first-order valence-electron chi connectivity index (χ1n) is 12.2. The number of pyridine rings is 1. The Labute approximate surface area is 206 Å². The maximum Gasteiger partial charge on any atom is 0.251 e. The summed E-state index contributed by atoms with van der Waals surface area (Å²) in [6.45, 7) is 12.1. The number of nitrogens with zero attached hydrogens (tertiary/aromatic N) is 3. The summed E-state index contributed by atoms with van der Waals surface area (Å²) in [6, 6.07) is 15.4. The van der Waals surface area contributed by atoms with Gasteiger partial charge < -0.3 is 20.9 Å². The highest BCUT2D eigenvalue weighted by Crippen LogP contribution is 2.37. The summed E-state index contributed by atoms with van der Waals surface area (Å²) < 4.78 is 15.0. The first-order valence-corrected chi connectivity index (χ1v) is 12.2. The molecule has 0 aliphatic carbocycles. The van der Waals surface area contributed by atoms with E-state index in [0.29, 0.717) is 23.2 Å². The number of piperazine rings is 1. The van der Waals surface area contributed by atoms with Crippen molar-refractivity contribution in [2.75, 3.05) is 49.9 Å². The minimum absolute atomic E-state index is 0.0760. The molecule has 3 N–H and O–H groups in total. The SMILES string of the molecule is CCN1CCN(c2ccc(-c3cc(-c4ccc5c(c4)C(C)(C)CNC5=O)c(N)nc3F)cc2)CC1. The Morgan fingerprint density at radius 2 is 1.66 bits per heavy atom. The lowest BCUT2D eigenvalue weighted by molar-refractivity contribution is 0.0930. The Hall–Kier alpha value is -3.45. The molecule has 2 aliphatic heterocycles. The van der Waals surface area contributed by atoms with Crippen LogP contribution in [-0.4, -0.2) is 55.1 Å². The number of nitrogen functional groups attached to an aromatic ring is 1. The van der Waals surface area contributed by atoms with Gasteiger partial charge in [-0.25, -0.2) is 4.98 Å². The number of aromatic nitrogens is 1. The highest BCUT2D eigenvalue weighted by molar-refractivity contribution is 5.98. The van der Waals surface area contributed by atoms with Crippen molar-refractivity contribution in [2.24, 2.45) is 0 Å². The number of fused-ring (bicyclic) bond motifs is 1. The van der Waals surface area contributed by atoms with Gasteiger partial charge in [0.15, 0.2) is 0 Å². The van der Waals surface area contributed by atoms with E-state index in [4.69, 9.17) is 5.73 Å². The number of likely N-dealkylation sites (N-methyl/N-ethyl adjacent to an activating group) is 1. The third-order valence-corrected chi connectivity index (χ3v) is 7.36. The van der Waals surface area contributed by atoms with Crippen molar-refractivity contribution in [1.29, 1.82) is 0 Å². The molecule has 1 fully saturated rings. The summed E-state index contributed by atoms with van der Waals surface area (Å²) in [5.74, 6) is -0.532. The minimum Gasteiger partial charge on any atom is -0.383 e. The lowest BCUT2D eigenvalue weighted by Gasteiger charge is -2.35. The van der Waals surface area contributed by atoms with E-state index in [-0.39, 0.29) is 17.1 Å². The maximum atomic E-state index is 15.0. The zero-order chi connectivity index (χ0) is 24.7. The van der Waals surface area contributed by atoms with E-state index in [1.807, 2.05) is 42.5 Å². The second kappa shape index (κ2) is 8.96. The number of amides is 1. The van der Waals surface area contributed by atoms with Crippen molar-refractivity contribution in [3.8, 4) is 22.3 Å². The topological polar surface area (TPSA) is 74.5 Å². The first-order chi connectivity index (χ1) is 16.8. The number of carbonyl (C=O) groups is 1. The molecule has 35 heavy (non-hydrogen) atoms. The van der Waals surface area contributed by atoms with Crippen LogP contribution in [0.5, 0.6) is 0 Å². The van der Waals surface area contributed by atoms with Gasteiger partial charge in [0.25, 0.3) is 5.91 Å². The fourth-order valence-corrected chi connectivity index (χ4v) is 5.07. The average Bonchev–Trinajstić information content (AvgIpc) is 2.87. The first kappa shape index (κ1) is 23.3. The average molecular weight is 474 g/mol. The lowest BCUT2D eigenvalue weighted by atomic mass is 9.78. The summed E-state index contributed by atoms with van der Waals surface area (Å²) in [4.78, 5) is 21.2. The van der Waals surface area contributed by atoms with Crippen molar-refractivity contribution in [3.63, 3.8) is 0 Å². The van der Waals surface area contributed by atoms with Gasteiger partial charge in [-0.15, -0.1) is 0 Å². The largest absolute Gasteiger partial charge is 0.383 e. The van der Waals surface area contributed by atoms with Crippen LogP contribution in [0.4, 0.5) is 15.9 Å². The molecule has 0 unspecified atom stereocenters. The van der Waals surface area contributed by atoms with E-state index in [2.05, 4.69) is 40.9 Å². The number of hydrogen-bond donors (Lipinski definition) is 2. The summed E-state index contributed by atoms with van der Waals surface area (Å²) in [6.07, 6.45) is 0. The zero-order valence-corrected chi connectivity index (χ0v) is 20.6. The molecular formula is C28H32FN5O. The van der Waals surface area contributed by atoms with E-state index in [1.54, 1.807) is 6.07 Å². The molecule has 0 spiro atoms. The molecule has 1 saturated heterocycles. The third kappa shape index (κ3) is 4.36. The molecule has 1 amide bonds. The Kier molecular flexibility index (Phi) is 5.97. The summed E-state index contributed by atoms with van der Waals surface area (Å²) in [5.41, 5.74) is 11.4. The molecule has 0 radical (unpaired) electrons. The number of anilines is 2. The van der Waals surface area contributed by atoms with Crippen LogP contribution in [0.25, 0.3) is 22.3 Å². The van der Waals surface area contributed by atoms with E-state index >= 15 is 0 Å². The fourth-order valence-electron chi connectivity index (χ4n) is 5.07. The Morgan fingerprint density at radius 1 is 0.971 bits per heavy atom. The number of carbonyl (C=O) groups excluding carboxylic acids is 1. The summed E-state index contributed by atoms with van der Waals surface area (Å²) in [7, 11) is 0. The highest BCUT2D eigenvalue weighted by Gasteiger charge is 2.32. The number of hydrogen-bond acceptors (Lipinski definition) is 5. The van der Waals surface area contributed by atoms with Crippen LogP contribution in [0.3, 0.4) is 0 Å². The van der Waals surface area contributed by atoms with Crippen LogP contribution in [-0.2, 0) is 5.41 Å². The van der Waals surface area contributed by atoms with Gasteiger partial charge >= 0.3 is 0 Å². The molecule has 182 valence electrons. The predicted molar refractivity (Wildman–Crippen MR) is 139 cm³/mol. The molecule has 0 atom stereocenters. The maximum absolute atomic E-state index is 15.0. The molecular weight excluding hydrogens is 441 g/mol. The van der Waals surface area contributed by atoms with Gasteiger partial charge in [-0.3, -0.25) is 4.79 Å². The molecule has 5 rings (SSSR count). The third-order valence-electron chi connectivity index (χ3n) is 7.36. The quantitative estimate of drug-likeness (QED) is 0.553. The normalized spacial score (nSPS) is 17.7. The number of halogens is 1. The van der Waals surface area contributed by atoms with Crippen LogP contribution in [0.15, 0.2) is 48.5 Å². The second-order valence-electron chi connectivity index (χ2n) is 10.1. The van der Waals surface area contributed by atoms with E-state index < -0.39 is 5.95 Å². The molecule has 2 aliphatic rings. The van der Waals surface area contributed by atoms with Crippen LogP contribution in [0.1, 0.15) is 36.7 Å². The lowest BCUT2D eigenvalue weighted by Crippen LogP contribution is -2.46. The summed E-state index contributed by atoms with van der Waals surface area (Å²) >= 11 is 0. The van der Waals surface area contributed by atoms with Crippen molar-refractivity contribution in [3.05, 3.63) is 65.6 Å². The smallest absolute Gasteiger partial charge is 0.251 e. The minimum atomic E-state index is -0.590. The fraction of sp³-hybridized carbons (Fsp3) is 0.357. The van der Waals surface area contributed by atoms with Crippen molar-refractivity contribution in [2.45, 2.75) is 26.2 Å². The van der Waals surface area contributed by atoms with Crippen molar-refractivity contribution in [1.82, 2.24) is 15.2 Å². The Balaban J connectivity index is 1.47. The van der Waals surface area contributed by atoms with Crippen LogP contribution in [0.2, 0.25) is 0 Å². The molecule has 3 aromatic rings. The monoisotopic (exact) mass is 473 g/mol. The molecule has 6 nitrogen and oxygen atoms in total. The van der Waals surface area contributed by atoms with Gasteiger partial charge in [0, 0.05) is 60.5 Å². The predicted octanol–water partition coefficient (Wildman–Crippen LogP) is 4.30. The second-order valence-corrected chi connectivity index (χ2v) is 10.1. The van der Waals surface area contributed by atoms with Crippen LogP contribution in [0, 0.1) is 5.95 Å². The van der Waals surface area contributed by atoms with Gasteiger partial charge in [-0.1, -0.05) is 39.0 Å². The Bertz CT molecular complexity index is 1260. The molecule has 7 heteroatoms. The highest BCUT2D eigenvalue weighted by atomic mass is 19.1. The van der Waals surface area contributed by atoms with E-state index in [1.165, 1.54) is 0 Å². The Morgan fingerprint density at radius 3 is 2.34 bits per heavy atom. The molecule has 1 aromatic heterocycles. The molecule has 2 aromatic carbocycles. The summed E-state index contributed by atoms with van der Waals surface area (Å²) in [5, 5.41) is 2.94. The number of nitrogens with one attached hydrogen (secondary N) is 1. The number of benzene rings is 2. The molecule has 0 saturated carbocycles. The van der Waals surface area contributed by atoms with E-state index in [0.717, 1.165) is 55.1 Å². The van der Waals surface area contributed by atoms with Crippen LogP contribution >= 0.6 is 0 Å². The number of rotatable bonds is 4. The van der Waals surface area contributed by atoms with Crippen molar-refractivity contribution >= 4 is 17.4 Å². The van der Waals surface area contributed by atoms with Gasteiger partial charge in [0.05, 0.1) is 0 Å². The molecule has 3 heterocycles. The van der Waals surface area contributed by atoms with Gasteiger partial charge in [0.2, 0.25) is 5.95 Å². The van der Waals surface area contributed by atoms with Gasteiger partial charge in [-0.05, 0) is 53.6 Å². The van der Waals surface area contributed by atoms with Crippen LogP contribution < -0.4 is 16.0 Å². The number of nitrogens with two attached hydrogens (primary N) is 1. The molecule has 0 bridgehead atoms.